The summed E-state index contributed by atoms with van der Waals surface area (Å²) in [6.07, 6.45) is 0.748. The van der Waals surface area contributed by atoms with E-state index in [4.69, 9.17) is 4.98 Å². The first-order valence-electron chi connectivity index (χ1n) is 9.20. The number of aromatic nitrogens is 3. The quantitative estimate of drug-likeness (QED) is 0.384. The highest BCUT2D eigenvalue weighted by Crippen LogP contribution is 2.36. The molecule has 2 heterocycles. The Morgan fingerprint density at radius 3 is 1.86 bits per heavy atom. The second-order valence-corrected chi connectivity index (χ2v) is 7.17. The minimum Gasteiger partial charge on any atom is -0.249 e. The van der Waals surface area contributed by atoms with Crippen LogP contribution in [0.25, 0.3) is 33.4 Å². The molecule has 0 radical (unpaired) electrons. The fourth-order valence-corrected chi connectivity index (χ4v) is 4.07. The predicted molar refractivity (Wildman–Crippen MR) is 115 cm³/mol. The first kappa shape index (κ1) is 16.8. The van der Waals surface area contributed by atoms with E-state index in [-0.39, 0.29) is 0 Å². The van der Waals surface area contributed by atoms with Gasteiger partial charge in [0.2, 0.25) is 0 Å². The molecule has 4 heteroatoms. The number of hydrogen-bond donors (Lipinski definition) is 0. The number of pyridine rings is 1. The maximum Gasteiger partial charge on any atom is 0.131 e. The molecule has 0 fully saturated rings. The van der Waals surface area contributed by atoms with E-state index in [9.17, 15) is 0 Å². The molecule has 0 atom stereocenters. The van der Waals surface area contributed by atoms with Gasteiger partial charge in [-0.15, -0.1) is 0 Å². The van der Waals surface area contributed by atoms with Gasteiger partial charge in [0.05, 0.1) is 23.1 Å². The van der Waals surface area contributed by atoms with E-state index < -0.39 is 0 Å². The lowest BCUT2D eigenvalue weighted by atomic mass is 9.96. The first-order chi connectivity index (χ1) is 13.9. The zero-order valence-electron chi connectivity index (χ0n) is 15.1. The normalized spacial score (nSPS) is 11.0. The molecular formula is C24H17N3S. The van der Waals surface area contributed by atoms with Crippen LogP contribution in [0.1, 0.15) is 11.3 Å². The van der Waals surface area contributed by atoms with E-state index in [0.29, 0.717) is 0 Å². The fourth-order valence-electron chi connectivity index (χ4n) is 3.51. The first-order valence-corrected chi connectivity index (χ1v) is 9.93. The van der Waals surface area contributed by atoms with Crippen LogP contribution in [0.3, 0.4) is 0 Å². The van der Waals surface area contributed by atoms with Crippen molar-refractivity contribution in [3.05, 3.63) is 102 Å². The molecule has 28 heavy (non-hydrogen) atoms. The highest BCUT2D eigenvalue weighted by atomic mass is 32.1. The Labute approximate surface area is 167 Å². The summed E-state index contributed by atoms with van der Waals surface area (Å²) in [7, 11) is 0. The average molecular weight is 379 g/mol. The summed E-state index contributed by atoms with van der Waals surface area (Å²) in [5.41, 5.74) is 8.21. The lowest BCUT2D eigenvalue weighted by molar-refractivity contribution is 1.09. The summed E-state index contributed by atoms with van der Waals surface area (Å²) in [4.78, 5) is 5.12. The molecule has 134 valence electrons. The van der Waals surface area contributed by atoms with Crippen molar-refractivity contribution >= 4 is 22.8 Å². The predicted octanol–water partition coefficient (Wildman–Crippen LogP) is 6.01. The fraction of sp³-hybridized carbons (Fsp3) is 0.0417. The highest BCUT2D eigenvalue weighted by molar-refractivity contribution is 7.00. The van der Waals surface area contributed by atoms with Gasteiger partial charge < -0.3 is 0 Å². The van der Waals surface area contributed by atoms with Crippen LogP contribution in [0.4, 0.5) is 0 Å². The molecular weight excluding hydrogens is 362 g/mol. The van der Waals surface area contributed by atoms with Gasteiger partial charge in [0.15, 0.2) is 0 Å². The third-order valence-electron chi connectivity index (χ3n) is 4.81. The van der Waals surface area contributed by atoms with Gasteiger partial charge in [0, 0.05) is 17.5 Å². The van der Waals surface area contributed by atoms with Crippen LogP contribution >= 0.6 is 11.7 Å². The summed E-state index contributed by atoms with van der Waals surface area (Å²) in [5, 5.41) is 0. The van der Waals surface area contributed by atoms with E-state index in [2.05, 4.69) is 69.4 Å². The second-order valence-electron chi connectivity index (χ2n) is 6.64. The lowest BCUT2D eigenvalue weighted by Crippen LogP contribution is -2.00. The molecule has 5 aromatic rings. The summed E-state index contributed by atoms with van der Waals surface area (Å²) in [6, 6.07) is 31.1. The minimum atomic E-state index is 0.748. The molecule has 5 rings (SSSR count). The summed E-state index contributed by atoms with van der Waals surface area (Å²) in [5.74, 6) is 0. The molecule has 3 aromatic carbocycles. The molecule has 0 aliphatic carbocycles. The molecule has 0 aliphatic rings. The molecule has 0 bridgehead atoms. The molecule has 0 spiro atoms. The van der Waals surface area contributed by atoms with Gasteiger partial charge in [-0.05, 0) is 11.1 Å². The Balaban J connectivity index is 1.79. The van der Waals surface area contributed by atoms with Crippen molar-refractivity contribution in [3.63, 3.8) is 0 Å². The Bertz CT molecular complexity index is 1220. The van der Waals surface area contributed by atoms with E-state index in [1.54, 1.807) is 0 Å². The van der Waals surface area contributed by atoms with E-state index >= 15 is 0 Å². The topological polar surface area (TPSA) is 38.7 Å². The van der Waals surface area contributed by atoms with Crippen molar-refractivity contribution in [1.29, 1.82) is 0 Å². The van der Waals surface area contributed by atoms with E-state index in [1.165, 1.54) is 17.3 Å². The van der Waals surface area contributed by atoms with Crippen LogP contribution in [-0.2, 0) is 6.42 Å². The average Bonchev–Trinajstić information content (AvgIpc) is 3.25. The highest BCUT2D eigenvalue weighted by Gasteiger charge is 2.20. The molecule has 0 N–H and O–H groups in total. The monoisotopic (exact) mass is 379 g/mol. The molecule has 2 aromatic heterocycles. The molecule has 0 saturated heterocycles. The van der Waals surface area contributed by atoms with Crippen LogP contribution in [0, 0.1) is 0 Å². The standard InChI is InChI=1S/C24H17N3S/c1-4-10-17(11-5-1)16-20-21(18-12-6-2-7-13-18)23-24(27-28-26-23)22(25-20)19-14-8-3-9-15-19/h1-15H,16H2. The number of nitrogens with zero attached hydrogens (tertiary/aromatic N) is 3. The number of hydrogen-bond acceptors (Lipinski definition) is 4. The lowest BCUT2D eigenvalue weighted by Gasteiger charge is -2.13. The van der Waals surface area contributed by atoms with Gasteiger partial charge in [-0.25, -0.2) is 4.98 Å². The minimum absolute atomic E-state index is 0.748. The van der Waals surface area contributed by atoms with E-state index in [1.807, 2.05) is 30.3 Å². The van der Waals surface area contributed by atoms with Gasteiger partial charge in [0.1, 0.15) is 11.0 Å². The van der Waals surface area contributed by atoms with Crippen molar-refractivity contribution in [3.8, 4) is 22.4 Å². The maximum absolute atomic E-state index is 5.12. The van der Waals surface area contributed by atoms with Crippen LogP contribution in [-0.4, -0.2) is 13.7 Å². The number of benzene rings is 3. The number of rotatable bonds is 4. The van der Waals surface area contributed by atoms with Gasteiger partial charge in [-0.2, -0.15) is 8.75 Å². The third kappa shape index (κ3) is 3.08. The zero-order valence-corrected chi connectivity index (χ0v) is 15.9. The van der Waals surface area contributed by atoms with Gasteiger partial charge in [-0.1, -0.05) is 91.0 Å². The SMILES string of the molecule is c1ccc(Cc2nc(-c3ccccc3)c3nsnc3c2-c2ccccc2)cc1. The summed E-state index contributed by atoms with van der Waals surface area (Å²) < 4.78 is 9.27. The Morgan fingerprint density at radius 1 is 0.607 bits per heavy atom. The van der Waals surface area contributed by atoms with Gasteiger partial charge >= 0.3 is 0 Å². The van der Waals surface area contributed by atoms with Crippen molar-refractivity contribution in [2.45, 2.75) is 6.42 Å². The summed E-state index contributed by atoms with van der Waals surface area (Å²) in [6.45, 7) is 0. The zero-order chi connectivity index (χ0) is 18.8. The van der Waals surface area contributed by atoms with Crippen molar-refractivity contribution in [1.82, 2.24) is 13.7 Å². The van der Waals surface area contributed by atoms with Gasteiger partial charge in [-0.3, -0.25) is 0 Å². The van der Waals surface area contributed by atoms with Crippen molar-refractivity contribution in [2.24, 2.45) is 0 Å². The largest absolute Gasteiger partial charge is 0.249 e. The maximum atomic E-state index is 5.12. The van der Waals surface area contributed by atoms with Crippen LogP contribution < -0.4 is 0 Å². The summed E-state index contributed by atoms with van der Waals surface area (Å²) >= 11 is 1.25. The van der Waals surface area contributed by atoms with Crippen LogP contribution in [0.15, 0.2) is 91.0 Å². The van der Waals surface area contributed by atoms with E-state index in [0.717, 1.165) is 45.5 Å². The van der Waals surface area contributed by atoms with Crippen molar-refractivity contribution in [2.75, 3.05) is 0 Å². The van der Waals surface area contributed by atoms with Crippen LogP contribution in [0.5, 0.6) is 0 Å². The number of fused-ring (bicyclic) bond motifs is 1. The molecule has 0 unspecified atom stereocenters. The molecule has 3 nitrogen and oxygen atoms in total. The Hall–Kier alpha value is -3.37. The van der Waals surface area contributed by atoms with Crippen molar-refractivity contribution < 1.29 is 0 Å². The molecule has 0 amide bonds. The molecule has 0 saturated carbocycles. The third-order valence-corrected chi connectivity index (χ3v) is 5.34. The smallest absolute Gasteiger partial charge is 0.131 e. The molecule has 0 aliphatic heterocycles. The second kappa shape index (κ2) is 7.33. The van der Waals surface area contributed by atoms with Gasteiger partial charge in [0.25, 0.3) is 0 Å². The Kier molecular flexibility index (Phi) is 4.39. The Morgan fingerprint density at radius 2 is 1.18 bits per heavy atom. The van der Waals surface area contributed by atoms with Crippen LogP contribution in [0.2, 0.25) is 0 Å².